The monoisotopic (exact) mass is 238 g/mol. The van der Waals surface area contributed by atoms with Crippen molar-refractivity contribution in [2.75, 3.05) is 12.3 Å². The first-order valence-corrected chi connectivity index (χ1v) is 5.86. The van der Waals surface area contributed by atoms with Crippen molar-refractivity contribution in [1.29, 1.82) is 5.26 Å². The number of unbranched alkanes of at least 4 members (excludes halogenated alkanes) is 2. The zero-order valence-electron chi connectivity index (χ0n) is 9.16. The molecule has 1 heterocycles. The highest BCUT2D eigenvalue weighted by Gasteiger charge is 2.11. The number of hydrogen-bond acceptors (Lipinski definition) is 5. The van der Waals surface area contributed by atoms with Gasteiger partial charge in [0.25, 0.3) is 0 Å². The first kappa shape index (κ1) is 12.5. The molecule has 86 valence electrons. The molecule has 1 aromatic heterocycles. The highest BCUT2D eigenvalue weighted by Crippen LogP contribution is 2.23. The summed E-state index contributed by atoms with van der Waals surface area (Å²) in [4.78, 5) is 13.0. The van der Waals surface area contributed by atoms with E-state index in [1.54, 1.807) is 6.07 Å². The smallest absolute Gasteiger partial charge is 0.348 e. The topological polar surface area (TPSA) is 76.1 Å². The number of aryl methyl sites for hydroxylation is 1. The molecule has 0 amide bonds. The fraction of sp³-hybridized carbons (Fsp3) is 0.455. The molecule has 0 fully saturated rings. The van der Waals surface area contributed by atoms with Gasteiger partial charge in [0.1, 0.15) is 4.88 Å². The summed E-state index contributed by atoms with van der Waals surface area (Å²) in [7, 11) is 0. The van der Waals surface area contributed by atoms with Gasteiger partial charge in [-0.15, -0.1) is 11.3 Å². The summed E-state index contributed by atoms with van der Waals surface area (Å²) in [6, 6.07) is 3.68. The van der Waals surface area contributed by atoms with Gasteiger partial charge in [-0.25, -0.2) is 4.79 Å². The molecule has 0 unspecified atom stereocenters. The van der Waals surface area contributed by atoms with E-state index in [0.717, 1.165) is 17.7 Å². The van der Waals surface area contributed by atoms with Gasteiger partial charge in [-0.3, -0.25) is 0 Å². The Labute approximate surface area is 98.6 Å². The van der Waals surface area contributed by atoms with Crippen LogP contribution in [0.25, 0.3) is 0 Å². The third kappa shape index (κ3) is 3.55. The molecule has 1 rings (SSSR count). The van der Waals surface area contributed by atoms with E-state index in [2.05, 4.69) is 0 Å². The fourth-order valence-electron chi connectivity index (χ4n) is 1.14. The first-order valence-electron chi connectivity index (χ1n) is 5.05. The molecular formula is C11H14N2O2S. The third-order valence-electron chi connectivity index (χ3n) is 2.07. The van der Waals surface area contributed by atoms with E-state index in [0.29, 0.717) is 23.6 Å². The lowest BCUT2D eigenvalue weighted by Crippen LogP contribution is -2.04. The SMILES string of the molecule is Cc1sc(C(=O)OCCCCC#N)cc1N. The fourth-order valence-corrected chi connectivity index (χ4v) is 1.97. The second-order valence-corrected chi connectivity index (χ2v) is 4.63. The van der Waals surface area contributed by atoms with Crippen LogP contribution in [0.5, 0.6) is 0 Å². The molecule has 0 spiro atoms. The molecule has 0 aliphatic carbocycles. The second kappa shape index (κ2) is 6.13. The minimum absolute atomic E-state index is 0.332. The number of ether oxygens (including phenoxy) is 1. The van der Waals surface area contributed by atoms with E-state index in [9.17, 15) is 4.79 Å². The quantitative estimate of drug-likeness (QED) is 0.631. The van der Waals surface area contributed by atoms with Crippen molar-refractivity contribution < 1.29 is 9.53 Å². The predicted molar refractivity (Wildman–Crippen MR) is 63.2 cm³/mol. The Morgan fingerprint density at radius 1 is 1.62 bits per heavy atom. The molecule has 0 aliphatic rings. The van der Waals surface area contributed by atoms with Crippen LogP contribution in [0.2, 0.25) is 0 Å². The largest absolute Gasteiger partial charge is 0.462 e. The normalized spacial score (nSPS) is 9.75. The van der Waals surface area contributed by atoms with E-state index >= 15 is 0 Å². The Balaban J connectivity index is 2.33. The number of carbonyl (C=O) groups excluding carboxylic acids is 1. The van der Waals surface area contributed by atoms with Crippen LogP contribution >= 0.6 is 11.3 Å². The zero-order valence-corrected chi connectivity index (χ0v) is 9.97. The molecule has 0 saturated carbocycles. The number of nitrogen functional groups attached to an aromatic ring is 1. The van der Waals surface area contributed by atoms with Crippen LogP contribution in [0.3, 0.4) is 0 Å². The number of nitriles is 1. The van der Waals surface area contributed by atoms with Crippen molar-refractivity contribution in [3.63, 3.8) is 0 Å². The number of hydrogen-bond donors (Lipinski definition) is 1. The van der Waals surface area contributed by atoms with Gasteiger partial charge in [0, 0.05) is 17.0 Å². The Hall–Kier alpha value is -1.54. The summed E-state index contributed by atoms with van der Waals surface area (Å²) < 4.78 is 5.05. The highest BCUT2D eigenvalue weighted by atomic mass is 32.1. The van der Waals surface area contributed by atoms with Crippen molar-refractivity contribution in [3.05, 3.63) is 15.8 Å². The van der Waals surface area contributed by atoms with Gasteiger partial charge >= 0.3 is 5.97 Å². The number of anilines is 1. The minimum Gasteiger partial charge on any atom is -0.462 e. The number of carbonyl (C=O) groups is 1. The average molecular weight is 238 g/mol. The Morgan fingerprint density at radius 2 is 2.38 bits per heavy atom. The maximum atomic E-state index is 11.5. The standard InChI is InChI=1S/C11H14N2O2S/c1-8-9(13)7-10(16-8)11(14)15-6-4-2-3-5-12/h7H,2-4,6,13H2,1H3. The van der Waals surface area contributed by atoms with Gasteiger partial charge in [-0.05, 0) is 25.8 Å². The van der Waals surface area contributed by atoms with E-state index in [1.807, 2.05) is 13.0 Å². The molecule has 5 heteroatoms. The molecule has 4 nitrogen and oxygen atoms in total. The Kier molecular flexibility index (Phi) is 4.80. The molecule has 1 aromatic rings. The van der Waals surface area contributed by atoms with Crippen LogP contribution in [-0.2, 0) is 4.74 Å². The van der Waals surface area contributed by atoms with E-state index in [4.69, 9.17) is 15.7 Å². The van der Waals surface area contributed by atoms with E-state index < -0.39 is 0 Å². The third-order valence-corrected chi connectivity index (χ3v) is 3.12. The maximum absolute atomic E-state index is 11.5. The van der Waals surface area contributed by atoms with Gasteiger partial charge in [-0.1, -0.05) is 0 Å². The van der Waals surface area contributed by atoms with E-state index in [-0.39, 0.29) is 5.97 Å². The maximum Gasteiger partial charge on any atom is 0.348 e. The average Bonchev–Trinajstić information content (AvgIpc) is 2.59. The number of thiophene rings is 1. The van der Waals surface area contributed by atoms with Crippen molar-refractivity contribution >= 4 is 23.0 Å². The van der Waals surface area contributed by atoms with Crippen molar-refractivity contribution in [1.82, 2.24) is 0 Å². The Bertz CT molecular complexity index is 387. The van der Waals surface area contributed by atoms with Crippen LogP contribution in [-0.4, -0.2) is 12.6 Å². The Morgan fingerprint density at radius 3 is 2.94 bits per heavy atom. The molecule has 0 radical (unpaired) electrons. The van der Waals surface area contributed by atoms with Gasteiger partial charge < -0.3 is 10.5 Å². The van der Waals surface area contributed by atoms with E-state index in [1.165, 1.54) is 11.3 Å². The number of rotatable bonds is 5. The van der Waals surface area contributed by atoms with Gasteiger partial charge in [0.2, 0.25) is 0 Å². The molecule has 0 aromatic carbocycles. The first-order chi connectivity index (χ1) is 7.65. The van der Waals surface area contributed by atoms with Crippen LogP contribution in [0.15, 0.2) is 6.07 Å². The van der Waals surface area contributed by atoms with Gasteiger partial charge in [-0.2, -0.15) is 5.26 Å². The lowest BCUT2D eigenvalue weighted by molar-refractivity contribution is 0.0504. The van der Waals surface area contributed by atoms with Crippen molar-refractivity contribution in [3.8, 4) is 6.07 Å². The van der Waals surface area contributed by atoms with Gasteiger partial charge in [0.15, 0.2) is 0 Å². The molecule has 16 heavy (non-hydrogen) atoms. The summed E-state index contributed by atoms with van der Waals surface area (Å²) in [5, 5.41) is 8.32. The summed E-state index contributed by atoms with van der Waals surface area (Å²) in [5.74, 6) is -0.332. The summed E-state index contributed by atoms with van der Waals surface area (Å²) in [6.45, 7) is 2.22. The zero-order chi connectivity index (χ0) is 12.0. The molecular weight excluding hydrogens is 224 g/mol. The van der Waals surface area contributed by atoms with Gasteiger partial charge in [0.05, 0.1) is 12.7 Å². The molecule has 0 saturated heterocycles. The van der Waals surface area contributed by atoms with Crippen molar-refractivity contribution in [2.24, 2.45) is 0 Å². The summed E-state index contributed by atoms with van der Waals surface area (Å²) >= 11 is 1.34. The molecule has 0 aliphatic heterocycles. The molecule has 0 atom stereocenters. The van der Waals surface area contributed by atoms with Crippen molar-refractivity contribution in [2.45, 2.75) is 26.2 Å². The summed E-state index contributed by atoms with van der Waals surface area (Å²) in [6.07, 6.45) is 1.98. The lowest BCUT2D eigenvalue weighted by Gasteiger charge is -2.01. The van der Waals surface area contributed by atoms with Crippen LogP contribution in [0.1, 0.15) is 33.8 Å². The predicted octanol–water partition coefficient (Wildman–Crippen LogP) is 2.49. The lowest BCUT2D eigenvalue weighted by atomic mass is 10.3. The van der Waals surface area contributed by atoms with Crippen LogP contribution in [0.4, 0.5) is 5.69 Å². The number of nitrogens with zero attached hydrogens (tertiary/aromatic N) is 1. The van der Waals surface area contributed by atoms with Crippen LogP contribution in [0, 0.1) is 18.3 Å². The molecule has 2 N–H and O–H groups in total. The van der Waals surface area contributed by atoms with Crippen LogP contribution < -0.4 is 5.73 Å². The summed E-state index contributed by atoms with van der Waals surface area (Å²) in [5.41, 5.74) is 6.27. The second-order valence-electron chi connectivity index (χ2n) is 3.37. The molecule has 0 bridgehead atoms. The highest BCUT2D eigenvalue weighted by molar-refractivity contribution is 7.14. The number of esters is 1. The minimum atomic E-state index is -0.332. The number of nitrogens with two attached hydrogens (primary N) is 1.